The summed E-state index contributed by atoms with van der Waals surface area (Å²) in [6.45, 7) is 3.21. The number of carbonyl (C=O) groups is 2. The van der Waals surface area contributed by atoms with Gasteiger partial charge in [0.25, 0.3) is 0 Å². The van der Waals surface area contributed by atoms with Crippen molar-refractivity contribution in [1.29, 1.82) is 0 Å². The summed E-state index contributed by atoms with van der Waals surface area (Å²) in [5.41, 5.74) is 2.05. The molecule has 0 atom stereocenters. The van der Waals surface area contributed by atoms with E-state index in [1.54, 1.807) is 24.3 Å². The molecule has 3 nitrogen and oxygen atoms in total. The fraction of sp³-hybridized carbons (Fsp3) is 0.364. The Labute approximate surface area is 149 Å². The predicted octanol–water partition coefficient (Wildman–Crippen LogP) is 5.07. The van der Waals surface area contributed by atoms with Gasteiger partial charge in [-0.15, -0.1) is 0 Å². The number of allylic oxidation sites excluding steroid dienone is 4. The monoisotopic (exact) mass is 335 g/mol. The fourth-order valence-electron chi connectivity index (χ4n) is 3.36. The highest BCUT2D eigenvalue weighted by Crippen LogP contribution is 2.30. The highest BCUT2D eigenvalue weighted by atomic mass is 16.2. The van der Waals surface area contributed by atoms with Crippen LogP contribution in [-0.4, -0.2) is 23.0 Å². The van der Waals surface area contributed by atoms with Gasteiger partial charge in [-0.25, -0.2) is 0 Å². The molecule has 1 aromatic carbocycles. The van der Waals surface area contributed by atoms with E-state index in [-0.39, 0.29) is 11.6 Å². The number of benzene rings is 1. The maximum atomic E-state index is 12.5. The number of ketones is 2. The number of hydrogen-bond acceptors (Lipinski definition) is 3. The third-order valence-electron chi connectivity index (χ3n) is 4.82. The molecule has 0 unspecified atom stereocenters. The highest BCUT2D eigenvalue weighted by Gasteiger charge is 2.34. The van der Waals surface area contributed by atoms with Gasteiger partial charge in [0, 0.05) is 30.1 Å². The fourth-order valence-corrected chi connectivity index (χ4v) is 3.36. The van der Waals surface area contributed by atoms with E-state index in [4.69, 9.17) is 0 Å². The van der Waals surface area contributed by atoms with Crippen molar-refractivity contribution in [2.75, 3.05) is 6.54 Å². The number of Topliss-reactive ketones (excluding diaryl/α,β-unsaturated/α-hetero) is 2. The lowest BCUT2D eigenvalue weighted by Crippen LogP contribution is -2.14. The molecule has 0 bridgehead atoms. The molecule has 1 aromatic rings. The summed E-state index contributed by atoms with van der Waals surface area (Å²) in [5, 5.41) is 0. The Kier molecular flexibility index (Phi) is 5.64. The third kappa shape index (κ3) is 3.81. The molecule has 0 saturated heterocycles. The maximum Gasteiger partial charge on any atom is 0.198 e. The zero-order valence-corrected chi connectivity index (χ0v) is 14.8. The van der Waals surface area contributed by atoms with Gasteiger partial charge in [-0.3, -0.25) is 9.59 Å². The molecule has 0 spiro atoms. The Balaban J connectivity index is 1.60. The van der Waals surface area contributed by atoms with Crippen LogP contribution in [0.15, 0.2) is 60.0 Å². The standard InChI is InChI=1S/C22H25NO2/c1-2-3-4-5-6-9-14-23-15-12-17(13-16-23)20-21(24)18-10-7-8-11-19(18)22(20)25/h7-8,10-13,15-16H,2-6,9,14H2,1H3. The van der Waals surface area contributed by atoms with E-state index in [0.29, 0.717) is 22.3 Å². The van der Waals surface area contributed by atoms with Gasteiger partial charge in [0.05, 0.1) is 5.57 Å². The van der Waals surface area contributed by atoms with E-state index in [2.05, 4.69) is 11.8 Å². The SMILES string of the molecule is CCCCCCCCN1C=CC(=C2C(=O)c3ccccc3C2=O)C=C1. The predicted molar refractivity (Wildman–Crippen MR) is 100 cm³/mol. The Morgan fingerprint density at radius 3 is 1.96 bits per heavy atom. The van der Waals surface area contributed by atoms with Gasteiger partial charge >= 0.3 is 0 Å². The van der Waals surface area contributed by atoms with Gasteiger partial charge in [0.1, 0.15) is 0 Å². The van der Waals surface area contributed by atoms with Crippen LogP contribution in [0.5, 0.6) is 0 Å². The van der Waals surface area contributed by atoms with E-state index in [9.17, 15) is 9.59 Å². The molecule has 0 saturated carbocycles. The van der Waals surface area contributed by atoms with Crippen molar-refractivity contribution >= 4 is 11.6 Å². The van der Waals surface area contributed by atoms with Gasteiger partial charge in [0.2, 0.25) is 0 Å². The molecule has 0 radical (unpaired) electrons. The van der Waals surface area contributed by atoms with E-state index in [1.165, 1.54) is 32.1 Å². The second-order valence-electron chi connectivity index (χ2n) is 6.67. The molecule has 0 N–H and O–H groups in total. The lowest BCUT2D eigenvalue weighted by molar-refractivity contribution is 0.0988. The first-order valence-electron chi connectivity index (χ1n) is 9.27. The first kappa shape index (κ1) is 17.4. The summed E-state index contributed by atoms with van der Waals surface area (Å²) >= 11 is 0. The van der Waals surface area contributed by atoms with Crippen molar-refractivity contribution < 1.29 is 9.59 Å². The zero-order valence-electron chi connectivity index (χ0n) is 14.8. The summed E-state index contributed by atoms with van der Waals surface area (Å²) in [5.74, 6) is -0.316. The summed E-state index contributed by atoms with van der Waals surface area (Å²) in [4.78, 5) is 27.2. The smallest absolute Gasteiger partial charge is 0.198 e. The molecule has 3 heteroatoms. The number of carbonyl (C=O) groups excluding carboxylic acids is 2. The van der Waals surface area contributed by atoms with Crippen LogP contribution in [0.1, 0.15) is 66.2 Å². The van der Waals surface area contributed by atoms with E-state index >= 15 is 0 Å². The Hall–Kier alpha value is -2.42. The average Bonchev–Trinajstić information content (AvgIpc) is 2.90. The zero-order chi connectivity index (χ0) is 17.6. The second kappa shape index (κ2) is 8.11. The van der Waals surface area contributed by atoms with Gasteiger partial charge in [0.15, 0.2) is 11.6 Å². The lowest BCUT2D eigenvalue weighted by Gasteiger charge is -2.19. The number of rotatable bonds is 7. The van der Waals surface area contributed by atoms with Gasteiger partial charge in [-0.05, 0) is 24.1 Å². The van der Waals surface area contributed by atoms with Crippen LogP contribution in [-0.2, 0) is 0 Å². The van der Waals surface area contributed by atoms with Crippen LogP contribution in [0.2, 0.25) is 0 Å². The number of hydrogen-bond donors (Lipinski definition) is 0. The van der Waals surface area contributed by atoms with Crippen LogP contribution in [0.4, 0.5) is 0 Å². The van der Waals surface area contributed by atoms with E-state index in [0.717, 1.165) is 13.0 Å². The number of nitrogens with zero attached hydrogens (tertiary/aromatic N) is 1. The molecule has 1 aliphatic carbocycles. The van der Waals surface area contributed by atoms with Crippen molar-refractivity contribution in [2.24, 2.45) is 0 Å². The van der Waals surface area contributed by atoms with Crippen LogP contribution in [0, 0.1) is 0 Å². The molecule has 2 aliphatic rings. The summed E-state index contributed by atoms with van der Waals surface area (Å²) < 4.78 is 0. The van der Waals surface area contributed by atoms with Crippen LogP contribution >= 0.6 is 0 Å². The molecule has 0 aromatic heterocycles. The van der Waals surface area contributed by atoms with Crippen molar-refractivity contribution in [1.82, 2.24) is 4.90 Å². The molecular formula is C22H25NO2. The van der Waals surface area contributed by atoms with Crippen molar-refractivity contribution in [3.05, 3.63) is 71.1 Å². The van der Waals surface area contributed by atoms with Crippen molar-refractivity contribution in [3.63, 3.8) is 0 Å². The molecule has 25 heavy (non-hydrogen) atoms. The minimum atomic E-state index is -0.158. The van der Waals surface area contributed by atoms with Crippen LogP contribution in [0.25, 0.3) is 0 Å². The summed E-state index contributed by atoms with van der Waals surface area (Å²) in [7, 11) is 0. The third-order valence-corrected chi connectivity index (χ3v) is 4.82. The van der Waals surface area contributed by atoms with Crippen molar-refractivity contribution in [3.8, 4) is 0 Å². The first-order valence-corrected chi connectivity index (χ1v) is 9.27. The van der Waals surface area contributed by atoms with E-state index < -0.39 is 0 Å². The topological polar surface area (TPSA) is 37.4 Å². The maximum absolute atomic E-state index is 12.5. The Morgan fingerprint density at radius 1 is 0.800 bits per heavy atom. The lowest BCUT2D eigenvalue weighted by atomic mass is 10.0. The first-order chi connectivity index (χ1) is 12.2. The quantitative estimate of drug-likeness (QED) is 0.397. The van der Waals surface area contributed by atoms with E-state index in [1.807, 2.05) is 24.6 Å². The van der Waals surface area contributed by atoms with Crippen molar-refractivity contribution in [2.45, 2.75) is 45.4 Å². The van der Waals surface area contributed by atoms with Gasteiger partial charge < -0.3 is 4.90 Å². The highest BCUT2D eigenvalue weighted by molar-refractivity contribution is 6.40. The second-order valence-corrected chi connectivity index (χ2v) is 6.67. The van der Waals surface area contributed by atoms with Gasteiger partial charge in [-0.2, -0.15) is 0 Å². The summed E-state index contributed by atoms with van der Waals surface area (Å²) in [6.07, 6.45) is 15.3. The normalized spacial score (nSPS) is 16.1. The van der Waals surface area contributed by atoms with Gasteiger partial charge in [-0.1, -0.05) is 63.3 Å². The van der Waals surface area contributed by atoms with Crippen LogP contribution < -0.4 is 0 Å². The molecule has 130 valence electrons. The number of fused-ring (bicyclic) bond motifs is 1. The average molecular weight is 335 g/mol. The minimum Gasteiger partial charge on any atom is -0.354 e. The molecule has 0 amide bonds. The molecular weight excluding hydrogens is 310 g/mol. The Bertz CT molecular complexity index is 702. The number of unbranched alkanes of at least 4 members (excludes halogenated alkanes) is 5. The molecule has 0 fully saturated rings. The van der Waals surface area contributed by atoms with Crippen LogP contribution in [0.3, 0.4) is 0 Å². The molecule has 1 aliphatic heterocycles. The summed E-state index contributed by atoms with van der Waals surface area (Å²) in [6, 6.07) is 7.05. The molecule has 1 heterocycles. The minimum absolute atomic E-state index is 0.158. The largest absolute Gasteiger partial charge is 0.354 e. The molecule has 3 rings (SSSR count). The Morgan fingerprint density at radius 2 is 1.36 bits per heavy atom.